The van der Waals surface area contributed by atoms with Crippen molar-refractivity contribution < 1.29 is 9.94 Å². The summed E-state index contributed by atoms with van der Waals surface area (Å²) in [6.45, 7) is 1.95. The topological polar surface area (TPSA) is 41.8 Å². The lowest BCUT2D eigenvalue weighted by Gasteiger charge is -2.03. The van der Waals surface area contributed by atoms with Gasteiger partial charge in [-0.3, -0.25) is 0 Å². The predicted molar refractivity (Wildman–Crippen MR) is 51.8 cm³/mol. The van der Waals surface area contributed by atoms with Gasteiger partial charge in [0.15, 0.2) is 0 Å². The summed E-state index contributed by atoms with van der Waals surface area (Å²) < 4.78 is 5.26. The highest BCUT2D eigenvalue weighted by Gasteiger charge is 1.95. The molecule has 1 aromatic rings. The Morgan fingerprint density at radius 2 is 2.08 bits per heavy atom. The van der Waals surface area contributed by atoms with E-state index in [1.165, 1.54) is 0 Å². The van der Waals surface area contributed by atoms with Gasteiger partial charge in [-0.05, 0) is 31.2 Å². The Morgan fingerprint density at radius 3 is 2.62 bits per heavy atom. The van der Waals surface area contributed by atoms with Gasteiger partial charge in [-0.15, -0.1) is 0 Å². The highest BCUT2D eigenvalue weighted by molar-refractivity contribution is 6.30. The molecule has 0 aromatic heterocycles. The van der Waals surface area contributed by atoms with Crippen molar-refractivity contribution in [2.75, 3.05) is 6.61 Å². The van der Waals surface area contributed by atoms with E-state index in [1.807, 2.05) is 0 Å². The van der Waals surface area contributed by atoms with Crippen LogP contribution in [0.4, 0.5) is 0 Å². The van der Waals surface area contributed by atoms with Crippen molar-refractivity contribution in [3.8, 4) is 5.75 Å². The van der Waals surface area contributed by atoms with Crippen LogP contribution in [-0.4, -0.2) is 17.5 Å². The summed E-state index contributed by atoms with van der Waals surface area (Å²) in [5.74, 6) is 0.701. The van der Waals surface area contributed by atoms with Crippen molar-refractivity contribution in [3.63, 3.8) is 0 Å². The van der Waals surface area contributed by atoms with Gasteiger partial charge < -0.3 is 9.94 Å². The fourth-order valence-corrected chi connectivity index (χ4v) is 0.873. The Morgan fingerprint density at radius 1 is 1.46 bits per heavy atom. The molecule has 0 aliphatic carbocycles. The molecule has 0 spiro atoms. The summed E-state index contributed by atoms with van der Waals surface area (Å²) in [5, 5.41) is 12.0. The van der Waals surface area contributed by atoms with E-state index in [0.717, 1.165) is 0 Å². The molecule has 1 rings (SSSR count). The number of nitrogens with zero attached hydrogens (tertiary/aromatic N) is 1. The lowest BCUT2D eigenvalue weighted by Crippen LogP contribution is -2.07. The highest BCUT2D eigenvalue weighted by atomic mass is 35.5. The molecule has 0 aliphatic rings. The fourth-order valence-electron chi connectivity index (χ4n) is 0.747. The van der Waals surface area contributed by atoms with Gasteiger partial charge in [-0.2, -0.15) is 0 Å². The molecular formula is C9H10ClNO2. The summed E-state index contributed by atoms with van der Waals surface area (Å²) in [7, 11) is 0. The Hall–Kier alpha value is -1.22. The molecule has 13 heavy (non-hydrogen) atoms. The molecule has 70 valence electrons. The molecule has 0 amide bonds. The van der Waals surface area contributed by atoms with E-state index in [-0.39, 0.29) is 6.61 Å². The van der Waals surface area contributed by atoms with Crippen molar-refractivity contribution in [1.82, 2.24) is 0 Å². The highest BCUT2D eigenvalue weighted by Crippen LogP contribution is 2.15. The maximum Gasteiger partial charge on any atom is 0.129 e. The third-order valence-corrected chi connectivity index (χ3v) is 1.68. The molecule has 0 aliphatic heterocycles. The quantitative estimate of drug-likeness (QED) is 0.462. The smallest absolute Gasteiger partial charge is 0.129 e. The summed E-state index contributed by atoms with van der Waals surface area (Å²) >= 11 is 5.68. The Balaban J connectivity index is 2.51. The Kier molecular flexibility index (Phi) is 3.58. The lowest BCUT2D eigenvalue weighted by atomic mass is 10.3. The van der Waals surface area contributed by atoms with Gasteiger partial charge in [0.05, 0.1) is 5.71 Å². The van der Waals surface area contributed by atoms with Crippen LogP contribution in [0.25, 0.3) is 0 Å². The standard InChI is InChI=1S/C9H10ClNO2/c1-7(11-12)6-13-9-4-2-8(10)3-5-9/h2-5,12H,6H2,1H3. The van der Waals surface area contributed by atoms with Crippen LogP contribution in [0.2, 0.25) is 5.02 Å². The number of hydrogen-bond acceptors (Lipinski definition) is 3. The maximum absolute atomic E-state index is 8.34. The predicted octanol–water partition coefficient (Wildman–Crippen LogP) is 2.57. The summed E-state index contributed by atoms with van der Waals surface area (Å²) in [4.78, 5) is 0. The molecule has 0 fully saturated rings. The lowest BCUT2D eigenvalue weighted by molar-refractivity contribution is 0.307. The molecule has 1 N–H and O–H groups in total. The zero-order valence-electron chi connectivity index (χ0n) is 7.20. The molecule has 4 heteroatoms. The maximum atomic E-state index is 8.34. The van der Waals surface area contributed by atoms with Crippen LogP contribution in [-0.2, 0) is 0 Å². The minimum absolute atomic E-state index is 0.276. The number of ether oxygens (including phenoxy) is 1. The second-order valence-electron chi connectivity index (χ2n) is 2.58. The SMILES string of the molecule is CC(COc1ccc(Cl)cc1)=NO. The summed E-state index contributed by atoms with van der Waals surface area (Å²) in [5.41, 5.74) is 0.523. The molecular weight excluding hydrogens is 190 g/mol. The van der Waals surface area contributed by atoms with Crippen LogP contribution in [0, 0.1) is 0 Å². The number of hydrogen-bond donors (Lipinski definition) is 1. The zero-order valence-corrected chi connectivity index (χ0v) is 7.95. The van der Waals surface area contributed by atoms with Gasteiger partial charge in [0.1, 0.15) is 12.4 Å². The van der Waals surface area contributed by atoms with Crippen molar-refractivity contribution in [2.45, 2.75) is 6.92 Å². The number of oxime groups is 1. The van der Waals surface area contributed by atoms with E-state index in [4.69, 9.17) is 21.5 Å². The first-order chi connectivity index (χ1) is 6.22. The molecule has 0 bridgehead atoms. The fraction of sp³-hybridized carbons (Fsp3) is 0.222. The second-order valence-corrected chi connectivity index (χ2v) is 3.01. The van der Waals surface area contributed by atoms with Crippen LogP contribution in [0.5, 0.6) is 5.75 Å². The van der Waals surface area contributed by atoms with E-state index < -0.39 is 0 Å². The molecule has 0 heterocycles. The zero-order chi connectivity index (χ0) is 9.68. The molecule has 1 aromatic carbocycles. The van der Waals surface area contributed by atoms with E-state index in [1.54, 1.807) is 31.2 Å². The van der Waals surface area contributed by atoms with Gasteiger partial charge in [0.2, 0.25) is 0 Å². The van der Waals surface area contributed by atoms with Gasteiger partial charge in [-0.1, -0.05) is 16.8 Å². The minimum atomic E-state index is 0.276. The summed E-state index contributed by atoms with van der Waals surface area (Å²) in [6, 6.07) is 6.99. The number of rotatable bonds is 3. The van der Waals surface area contributed by atoms with E-state index in [9.17, 15) is 0 Å². The first-order valence-corrected chi connectivity index (χ1v) is 4.16. The second kappa shape index (κ2) is 4.72. The monoisotopic (exact) mass is 199 g/mol. The van der Waals surface area contributed by atoms with Crippen LogP contribution in [0.1, 0.15) is 6.92 Å². The van der Waals surface area contributed by atoms with Crippen LogP contribution in [0.3, 0.4) is 0 Å². The Labute approximate surface area is 81.6 Å². The molecule has 0 saturated heterocycles. The third-order valence-electron chi connectivity index (χ3n) is 1.43. The average molecular weight is 200 g/mol. The molecule has 0 radical (unpaired) electrons. The van der Waals surface area contributed by atoms with Crippen LogP contribution < -0.4 is 4.74 Å². The van der Waals surface area contributed by atoms with Gasteiger partial charge in [0.25, 0.3) is 0 Å². The van der Waals surface area contributed by atoms with E-state index in [0.29, 0.717) is 16.5 Å². The Bertz CT molecular complexity index is 295. The van der Waals surface area contributed by atoms with Crippen molar-refractivity contribution in [1.29, 1.82) is 0 Å². The average Bonchev–Trinajstić information content (AvgIpc) is 2.16. The molecule has 0 saturated carbocycles. The molecule has 0 unspecified atom stereocenters. The normalized spacial score (nSPS) is 11.4. The molecule has 3 nitrogen and oxygen atoms in total. The van der Waals surface area contributed by atoms with E-state index in [2.05, 4.69) is 5.16 Å². The molecule has 0 atom stereocenters. The van der Waals surface area contributed by atoms with Crippen LogP contribution in [0.15, 0.2) is 29.4 Å². The van der Waals surface area contributed by atoms with Gasteiger partial charge >= 0.3 is 0 Å². The van der Waals surface area contributed by atoms with Crippen molar-refractivity contribution in [2.24, 2.45) is 5.16 Å². The first kappa shape index (κ1) is 9.86. The number of halogens is 1. The third kappa shape index (κ3) is 3.34. The van der Waals surface area contributed by atoms with Crippen molar-refractivity contribution in [3.05, 3.63) is 29.3 Å². The first-order valence-electron chi connectivity index (χ1n) is 3.78. The van der Waals surface area contributed by atoms with E-state index >= 15 is 0 Å². The summed E-state index contributed by atoms with van der Waals surface area (Å²) in [6.07, 6.45) is 0. The van der Waals surface area contributed by atoms with Crippen molar-refractivity contribution >= 4 is 17.3 Å². The number of benzene rings is 1. The van der Waals surface area contributed by atoms with Crippen LogP contribution >= 0.6 is 11.6 Å². The minimum Gasteiger partial charge on any atom is -0.488 e. The van der Waals surface area contributed by atoms with Gasteiger partial charge in [-0.25, -0.2) is 0 Å². The largest absolute Gasteiger partial charge is 0.488 e. The van der Waals surface area contributed by atoms with Gasteiger partial charge in [0, 0.05) is 5.02 Å².